The largest absolute Gasteiger partial charge is 0.365 e. The molecule has 0 fully saturated rings. The molecule has 1 aromatic rings. The molecule has 9 heavy (non-hydrogen) atoms. The van der Waals surface area contributed by atoms with Crippen LogP contribution in [0.15, 0.2) is 0 Å². The Bertz CT molecular complexity index is 141. The standard InChI is InChI=1S/C2H5N5.C2H6/c1-7-5-2(3)4-6-7;1-2/h1H3,(H2,3,5);1-2H3. The van der Waals surface area contributed by atoms with Gasteiger partial charge in [-0.25, -0.2) is 0 Å². The second kappa shape index (κ2) is 3.82. The van der Waals surface area contributed by atoms with Gasteiger partial charge in [0.2, 0.25) is 0 Å². The molecule has 0 atom stereocenters. The molecule has 0 aliphatic carbocycles. The molecule has 1 heterocycles. The van der Waals surface area contributed by atoms with Gasteiger partial charge in [0, 0.05) is 0 Å². The van der Waals surface area contributed by atoms with Gasteiger partial charge in [-0.05, 0) is 5.21 Å². The Kier molecular flexibility index (Phi) is 3.34. The van der Waals surface area contributed by atoms with E-state index in [0.717, 1.165) is 0 Å². The Morgan fingerprint density at radius 3 is 2.11 bits per heavy atom. The average molecular weight is 129 g/mol. The second-order valence-corrected chi connectivity index (χ2v) is 1.14. The van der Waals surface area contributed by atoms with Crippen molar-refractivity contribution in [2.45, 2.75) is 13.8 Å². The van der Waals surface area contributed by atoms with Gasteiger partial charge in [-0.3, -0.25) is 0 Å². The van der Waals surface area contributed by atoms with Crippen molar-refractivity contribution in [1.29, 1.82) is 0 Å². The molecular formula is C4H11N5. The smallest absolute Gasteiger partial charge is 0.260 e. The minimum absolute atomic E-state index is 0.211. The normalized spacial score (nSPS) is 7.89. The number of anilines is 1. The van der Waals surface area contributed by atoms with Crippen LogP contribution in [0.3, 0.4) is 0 Å². The van der Waals surface area contributed by atoms with Gasteiger partial charge in [0.05, 0.1) is 7.05 Å². The number of nitrogens with two attached hydrogens (primary N) is 1. The van der Waals surface area contributed by atoms with E-state index in [1.807, 2.05) is 13.8 Å². The van der Waals surface area contributed by atoms with Gasteiger partial charge >= 0.3 is 0 Å². The van der Waals surface area contributed by atoms with E-state index in [0.29, 0.717) is 0 Å². The third kappa shape index (κ3) is 2.63. The predicted octanol–water partition coefficient (Wildman–Crippen LogP) is -0.182. The lowest BCUT2D eigenvalue weighted by Gasteiger charge is -1.73. The molecule has 52 valence electrons. The second-order valence-electron chi connectivity index (χ2n) is 1.14. The zero-order valence-corrected chi connectivity index (χ0v) is 5.87. The van der Waals surface area contributed by atoms with Crippen LogP contribution < -0.4 is 5.73 Å². The Labute approximate surface area is 53.9 Å². The molecule has 2 N–H and O–H groups in total. The number of nitrogen functional groups attached to an aromatic ring is 1. The molecule has 0 saturated heterocycles. The van der Waals surface area contributed by atoms with Crippen molar-refractivity contribution in [2.24, 2.45) is 7.05 Å². The third-order valence-electron chi connectivity index (χ3n) is 0.524. The van der Waals surface area contributed by atoms with E-state index in [2.05, 4.69) is 15.4 Å². The van der Waals surface area contributed by atoms with E-state index in [1.165, 1.54) is 4.80 Å². The molecule has 0 spiro atoms. The predicted molar refractivity (Wildman–Crippen MR) is 34.6 cm³/mol. The summed E-state index contributed by atoms with van der Waals surface area (Å²) >= 11 is 0. The molecule has 0 radical (unpaired) electrons. The molecule has 5 heteroatoms. The molecule has 0 aliphatic heterocycles. The zero-order chi connectivity index (χ0) is 7.28. The maximum atomic E-state index is 5.07. The Morgan fingerprint density at radius 1 is 1.44 bits per heavy atom. The number of tetrazole rings is 1. The molecule has 0 amide bonds. The fourth-order valence-electron chi connectivity index (χ4n) is 0.299. The lowest BCUT2D eigenvalue weighted by Crippen LogP contribution is -1.92. The summed E-state index contributed by atoms with van der Waals surface area (Å²) in [7, 11) is 1.66. The SMILES string of the molecule is CC.Cn1nnc(N)n1. The minimum atomic E-state index is 0.211. The van der Waals surface area contributed by atoms with E-state index in [-0.39, 0.29) is 5.95 Å². The van der Waals surface area contributed by atoms with Gasteiger partial charge in [0.1, 0.15) is 0 Å². The summed E-state index contributed by atoms with van der Waals surface area (Å²) in [5.41, 5.74) is 5.07. The van der Waals surface area contributed by atoms with Gasteiger partial charge in [-0.15, -0.1) is 5.10 Å². The van der Waals surface area contributed by atoms with Crippen LogP contribution in [-0.4, -0.2) is 20.2 Å². The number of aromatic nitrogens is 4. The summed E-state index contributed by atoms with van der Waals surface area (Å²) in [6.07, 6.45) is 0. The minimum Gasteiger partial charge on any atom is -0.365 e. The average Bonchev–Trinajstić information content (AvgIpc) is 2.20. The zero-order valence-electron chi connectivity index (χ0n) is 5.87. The van der Waals surface area contributed by atoms with Crippen LogP contribution in [0.1, 0.15) is 13.8 Å². The maximum Gasteiger partial charge on any atom is 0.260 e. The molecule has 1 aromatic heterocycles. The van der Waals surface area contributed by atoms with Crippen LogP contribution in [0.5, 0.6) is 0 Å². The Balaban J connectivity index is 0.000000291. The highest BCUT2D eigenvalue weighted by Crippen LogP contribution is 1.77. The van der Waals surface area contributed by atoms with Crippen LogP contribution in [0.25, 0.3) is 0 Å². The Morgan fingerprint density at radius 2 is 2.00 bits per heavy atom. The molecule has 0 aliphatic rings. The molecule has 0 aromatic carbocycles. The fourth-order valence-corrected chi connectivity index (χ4v) is 0.299. The highest BCUT2D eigenvalue weighted by atomic mass is 15.6. The first-order chi connectivity index (χ1) is 4.29. The fraction of sp³-hybridized carbons (Fsp3) is 0.750. The summed E-state index contributed by atoms with van der Waals surface area (Å²) in [5, 5.41) is 10.4. The van der Waals surface area contributed by atoms with E-state index < -0.39 is 0 Å². The first-order valence-corrected chi connectivity index (χ1v) is 2.78. The van der Waals surface area contributed by atoms with Gasteiger partial charge in [-0.2, -0.15) is 4.80 Å². The number of rotatable bonds is 0. The van der Waals surface area contributed by atoms with Gasteiger partial charge in [0.25, 0.3) is 5.95 Å². The highest BCUT2D eigenvalue weighted by molar-refractivity contribution is 5.05. The van der Waals surface area contributed by atoms with Crippen molar-refractivity contribution in [3.63, 3.8) is 0 Å². The van der Waals surface area contributed by atoms with Crippen molar-refractivity contribution < 1.29 is 0 Å². The van der Waals surface area contributed by atoms with Crippen molar-refractivity contribution in [3.8, 4) is 0 Å². The van der Waals surface area contributed by atoms with Crippen molar-refractivity contribution in [3.05, 3.63) is 0 Å². The van der Waals surface area contributed by atoms with Crippen molar-refractivity contribution >= 4 is 5.95 Å². The molecular weight excluding hydrogens is 118 g/mol. The Hall–Kier alpha value is -1.13. The van der Waals surface area contributed by atoms with E-state index in [4.69, 9.17) is 5.73 Å². The van der Waals surface area contributed by atoms with Crippen LogP contribution in [-0.2, 0) is 7.05 Å². The third-order valence-corrected chi connectivity index (χ3v) is 0.524. The molecule has 0 saturated carbocycles. The maximum absolute atomic E-state index is 5.07. The monoisotopic (exact) mass is 129 g/mol. The quantitative estimate of drug-likeness (QED) is 0.527. The molecule has 1 rings (SSSR count). The molecule has 0 bridgehead atoms. The number of nitrogens with zero attached hydrogens (tertiary/aromatic N) is 4. The topological polar surface area (TPSA) is 69.6 Å². The number of hydrogen-bond donors (Lipinski definition) is 1. The highest BCUT2D eigenvalue weighted by Gasteiger charge is 1.86. The van der Waals surface area contributed by atoms with Crippen LogP contribution >= 0.6 is 0 Å². The van der Waals surface area contributed by atoms with Gasteiger partial charge in [-0.1, -0.05) is 18.9 Å². The summed E-state index contributed by atoms with van der Waals surface area (Å²) in [6, 6.07) is 0. The van der Waals surface area contributed by atoms with E-state index in [9.17, 15) is 0 Å². The number of aryl methyl sites for hydroxylation is 1. The molecule has 0 unspecified atom stereocenters. The number of hydrogen-bond acceptors (Lipinski definition) is 4. The lowest BCUT2D eigenvalue weighted by molar-refractivity contribution is 0.630. The van der Waals surface area contributed by atoms with E-state index in [1.54, 1.807) is 7.05 Å². The summed E-state index contributed by atoms with van der Waals surface area (Å²) in [6.45, 7) is 4.00. The first-order valence-electron chi connectivity index (χ1n) is 2.78. The van der Waals surface area contributed by atoms with Crippen LogP contribution in [0.4, 0.5) is 5.95 Å². The van der Waals surface area contributed by atoms with E-state index >= 15 is 0 Å². The lowest BCUT2D eigenvalue weighted by atomic mass is 11.0. The van der Waals surface area contributed by atoms with Crippen molar-refractivity contribution in [1.82, 2.24) is 20.2 Å². The first kappa shape index (κ1) is 7.87. The molecule has 5 nitrogen and oxygen atoms in total. The summed E-state index contributed by atoms with van der Waals surface area (Å²) < 4.78 is 0. The van der Waals surface area contributed by atoms with Crippen molar-refractivity contribution in [2.75, 3.05) is 5.73 Å². The summed E-state index contributed by atoms with van der Waals surface area (Å²) in [5.74, 6) is 0.211. The summed E-state index contributed by atoms with van der Waals surface area (Å²) in [4.78, 5) is 1.30. The van der Waals surface area contributed by atoms with Crippen LogP contribution in [0.2, 0.25) is 0 Å². The van der Waals surface area contributed by atoms with Gasteiger partial charge < -0.3 is 5.73 Å². The van der Waals surface area contributed by atoms with Crippen LogP contribution in [0, 0.1) is 0 Å². The van der Waals surface area contributed by atoms with Gasteiger partial charge in [0.15, 0.2) is 0 Å².